The van der Waals surface area contributed by atoms with Gasteiger partial charge in [-0.2, -0.15) is 0 Å². The molecular formula is C21H23FN4O4. The molecule has 0 bridgehead atoms. The van der Waals surface area contributed by atoms with Gasteiger partial charge < -0.3 is 15.0 Å². The van der Waals surface area contributed by atoms with Crippen LogP contribution in [0.4, 0.5) is 21.5 Å². The molecule has 0 aliphatic carbocycles. The Balaban J connectivity index is 2.01. The molecule has 1 saturated heterocycles. The van der Waals surface area contributed by atoms with Crippen molar-refractivity contribution in [2.45, 2.75) is 25.8 Å². The number of non-ortho nitro benzene ring substituents is 1. The molecule has 9 heteroatoms. The van der Waals surface area contributed by atoms with Crippen LogP contribution in [0.1, 0.15) is 28.8 Å². The Hall–Kier alpha value is -3.33. The second-order valence-corrected chi connectivity index (χ2v) is 7.08. The van der Waals surface area contributed by atoms with Crippen LogP contribution in [-0.4, -0.2) is 43.8 Å². The van der Waals surface area contributed by atoms with Crippen LogP contribution >= 0.6 is 0 Å². The Kier molecular flexibility index (Phi) is 6.41. The number of nitro benzene ring substituents is 1. The van der Waals surface area contributed by atoms with E-state index in [-0.39, 0.29) is 28.7 Å². The minimum absolute atomic E-state index is 0.0557. The highest BCUT2D eigenvalue weighted by Gasteiger charge is 2.24. The van der Waals surface area contributed by atoms with Gasteiger partial charge in [-0.15, -0.1) is 0 Å². The lowest BCUT2D eigenvalue weighted by atomic mass is 10.0. The van der Waals surface area contributed by atoms with E-state index in [1.54, 1.807) is 13.1 Å². The van der Waals surface area contributed by atoms with E-state index in [1.165, 1.54) is 49.4 Å². The first-order chi connectivity index (χ1) is 14.3. The number of nitrogens with zero attached hydrogens (tertiary/aromatic N) is 3. The molecule has 1 aliphatic rings. The van der Waals surface area contributed by atoms with Crippen LogP contribution in [0.5, 0.6) is 5.75 Å². The van der Waals surface area contributed by atoms with Gasteiger partial charge >= 0.3 is 0 Å². The van der Waals surface area contributed by atoms with Gasteiger partial charge in [-0.1, -0.05) is 0 Å². The van der Waals surface area contributed by atoms with Crippen molar-refractivity contribution in [1.82, 2.24) is 5.32 Å². The van der Waals surface area contributed by atoms with E-state index in [9.17, 15) is 19.3 Å². The minimum Gasteiger partial charge on any atom is -0.494 e. The van der Waals surface area contributed by atoms with Gasteiger partial charge in [-0.25, -0.2) is 4.39 Å². The van der Waals surface area contributed by atoms with Crippen molar-refractivity contribution in [2.24, 2.45) is 4.99 Å². The summed E-state index contributed by atoms with van der Waals surface area (Å²) in [5.41, 5.74) is 1.03. The van der Waals surface area contributed by atoms with E-state index < -0.39 is 16.6 Å². The van der Waals surface area contributed by atoms with Gasteiger partial charge in [-0.3, -0.25) is 19.9 Å². The fourth-order valence-electron chi connectivity index (χ4n) is 3.37. The molecule has 2 aromatic rings. The summed E-state index contributed by atoms with van der Waals surface area (Å²) in [5.74, 6) is -1.09. The molecule has 1 aliphatic heterocycles. The van der Waals surface area contributed by atoms with E-state index in [2.05, 4.69) is 10.3 Å². The third-order valence-corrected chi connectivity index (χ3v) is 5.04. The van der Waals surface area contributed by atoms with E-state index >= 15 is 0 Å². The summed E-state index contributed by atoms with van der Waals surface area (Å²) < 4.78 is 19.0. The number of aliphatic imine (C=N–C) groups is 1. The molecule has 1 unspecified atom stereocenters. The lowest BCUT2D eigenvalue weighted by Crippen LogP contribution is -2.27. The number of methoxy groups -OCH3 is 1. The standard InChI is InChI=1S/C21H23FN4O4/c1-13-9-16(26(28)29)10-17(20(13)24-12-14-5-4-8-23-14)21(27)25(2)15-6-7-19(30-3)18(22)11-15/h6-7,9-12,14,23H,4-5,8H2,1-3H3/b24-12+. The molecular weight excluding hydrogens is 391 g/mol. The number of halogens is 1. The average molecular weight is 414 g/mol. The third-order valence-electron chi connectivity index (χ3n) is 5.04. The first-order valence-electron chi connectivity index (χ1n) is 9.50. The number of carbonyl (C=O) groups is 1. The normalized spacial score (nSPS) is 16.1. The van der Waals surface area contributed by atoms with Gasteiger partial charge in [0.1, 0.15) is 0 Å². The van der Waals surface area contributed by atoms with Crippen LogP contribution in [-0.2, 0) is 0 Å². The third kappa shape index (κ3) is 4.46. The molecule has 1 fully saturated rings. The minimum atomic E-state index is -0.615. The number of hydrogen-bond donors (Lipinski definition) is 1. The molecule has 0 saturated carbocycles. The predicted molar refractivity (Wildman–Crippen MR) is 113 cm³/mol. The second-order valence-electron chi connectivity index (χ2n) is 7.08. The van der Waals surface area contributed by atoms with E-state index in [1.807, 2.05) is 0 Å². The van der Waals surface area contributed by atoms with Crippen molar-refractivity contribution in [1.29, 1.82) is 0 Å². The molecule has 1 N–H and O–H groups in total. The van der Waals surface area contributed by atoms with Gasteiger partial charge in [-0.05, 0) is 44.0 Å². The van der Waals surface area contributed by atoms with Gasteiger partial charge in [0.25, 0.3) is 11.6 Å². The maximum Gasteiger partial charge on any atom is 0.270 e. The molecule has 30 heavy (non-hydrogen) atoms. The number of carbonyl (C=O) groups excluding carboxylic acids is 1. The highest BCUT2D eigenvalue weighted by atomic mass is 19.1. The summed E-state index contributed by atoms with van der Waals surface area (Å²) in [6.45, 7) is 2.57. The Labute approximate surface area is 173 Å². The molecule has 3 rings (SSSR count). The molecule has 0 radical (unpaired) electrons. The Morgan fingerprint density at radius 2 is 2.17 bits per heavy atom. The Morgan fingerprint density at radius 1 is 1.40 bits per heavy atom. The topological polar surface area (TPSA) is 97.1 Å². The number of aryl methyl sites for hydroxylation is 1. The summed E-state index contributed by atoms with van der Waals surface area (Å²) >= 11 is 0. The monoisotopic (exact) mass is 414 g/mol. The summed E-state index contributed by atoms with van der Waals surface area (Å²) in [5, 5.41) is 14.6. The van der Waals surface area contributed by atoms with Crippen molar-refractivity contribution in [2.75, 3.05) is 25.6 Å². The number of ether oxygens (including phenoxy) is 1. The molecule has 1 heterocycles. The van der Waals surface area contributed by atoms with Crippen molar-refractivity contribution in [3.63, 3.8) is 0 Å². The molecule has 2 aromatic carbocycles. The van der Waals surface area contributed by atoms with Crippen molar-refractivity contribution >= 4 is 29.2 Å². The number of anilines is 1. The molecule has 8 nitrogen and oxygen atoms in total. The molecule has 0 spiro atoms. The lowest BCUT2D eigenvalue weighted by Gasteiger charge is -2.19. The summed E-state index contributed by atoms with van der Waals surface area (Å²) in [4.78, 5) is 29.7. The highest BCUT2D eigenvalue weighted by molar-refractivity contribution is 6.10. The van der Waals surface area contributed by atoms with Gasteiger partial charge in [0.2, 0.25) is 0 Å². The zero-order valence-corrected chi connectivity index (χ0v) is 17.0. The second kappa shape index (κ2) is 9.00. The molecule has 1 amide bonds. The van der Waals surface area contributed by atoms with E-state index in [4.69, 9.17) is 4.74 Å². The van der Waals surface area contributed by atoms with Crippen LogP contribution in [0.25, 0.3) is 0 Å². The van der Waals surface area contributed by atoms with Gasteiger partial charge in [0.15, 0.2) is 11.6 Å². The fraction of sp³-hybridized carbons (Fsp3) is 0.333. The van der Waals surface area contributed by atoms with Crippen LogP contribution in [0.3, 0.4) is 0 Å². The number of amides is 1. The van der Waals surface area contributed by atoms with Crippen molar-refractivity contribution in [3.8, 4) is 5.75 Å². The van der Waals surface area contributed by atoms with Crippen molar-refractivity contribution < 1.29 is 18.8 Å². The summed E-state index contributed by atoms with van der Waals surface area (Å²) in [7, 11) is 2.83. The van der Waals surface area contributed by atoms with E-state index in [0.29, 0.717) is 11.3 Å². The zero-order chi connectivity index (χ0) is 21.8. The average Bonchev–Trinajstić information content (AvgIpc) is 3.24. The quantitative estimate of drug-likeness (QED) is 0.441. The largest absolute Gasteiger partial charge is 0.494 e. The lowest BCUT2D eigenvalue weighted by molar-refractivity contribution is -0.384. The Morgan fingerprint density at radius 3 is 2.77 bits per heavy atom. The Bertz CT molecular complexity index is 1000. The van der Waals surface area contributed by atoms with Crippen LogP contribution in [0.2, 0.25) is 0 Å². The SMILES string of the molecule is COc1ccc(N(C)C(=O)c2cc([N+](=O)[O-])cc(C)c2/N=C/C2CCCN2)cc1F. The van der Waals surface area contributed by atoms with Gasteiger partial charge in [0, 0.05) is 43.2 Å². The predicted octanol–water partition coefficient (Wildman–Crippen LogP) is 3.78. The maximum atomic E-state index is 14.1. The fourth-order valence-corrected chi connectivity index (χ4v) is 3.37. The van der Waals surface area contributed by atoms with Crippen LogP contribution in [0.15, 0.2) is 35.3 Å². The number of nitro groups is 1. The molecule has 1 atom stereocenters. The molecule has 158 valence electrons. The number of nitrogens with one attached hydrogen (secondary N) is 1. The van der Waals surface area contributed by atoms with Crippen LogP contribution < -0.4 is 15.0 Å². The smallest absolute Gasteiger partial charge is 0.270 e. The first-order valence-corrected chi connectivity index (χ1v) is 9.50. The zero-order valence-electron chi connectivity index (χ0n) is 17.0. The van der Waals surface area contributed by atoms with Crippen molar-refractivity contribution in [3.05, 3.63) is 57.4 Å². The first kappa shape index (κ1) is 21.4. The van der Waals surface area contributed by atoms with E-state index in [0.717, 1.165) is 19.4 Å². The number of rotatable bonds is 6. The van der Waals surface area contributed by atoms with Gasteiger partial charge in [0.05, 0.1) is 23.3 Å². The number of hydrogen-bond acceptors (Lipinski definition) is 6. The molecule has 0 aromatic heterocycles. The maximum absolute atomic E-state index is 14.1. The van der Waals surface area contributed by atoms with Crippen LogP contribution in [0, 0.1) is 22.9 Å². The highest BCUT2D eigenvalue weighted by Crippen LogP contribution is 2.32. The number of benzene rings is 2. The summed E-state index contributed by atoms with van der Waals surface area (Å²) in [6, 6.07) is 6.81. The summed E-state index contributed by atoms with van der Waals surface area (Å²) in [6.07, 6.45) is 3.70.